The van der Waals surface area contributed by atoms with Gasteiger partial charge < -0.3 is 18.9 Å². The smallest absolute Gasteiger partial charge is 0.340 e. The lowest BCUT2D eigenvalue weighted by Gasteiger charge is -2.64. The van der Waals surface area contributed by atoms with Crippen molar-refractivity contribution < 1.29 is 28.5 Å². The number of carbonyl (C=O) groups is 2. The number of allylic oxidation sites excluding steroid dienone is 1. The van der Waals surface area contributed by atoms with E-state index in [1.807, 2.05) is 0 Å². The van der Waals surface area contributed by atoms with Crippen LogP contribution in [-0.4, -0.2) is 37.5 Å². The Hall–Kier alpha value is -1.82. The zero-order valence-corrected chi connectivity index (χ0v) is 18.2. The van der Waals surface area contributed by atoms with Crippen molar-refractivity contribution in [3.8, 4) is 0 Å². The Bertz CT molecular complexity index is 814. The number of ether oxygens (including phenoxy) is 4. The van der Waals surface area contributed by atoms with Crippen LogP contribution < -0.4 is 0 Å². The first-order valence-electron chi connectivity index (χ1n) is 10.5. The third kappa shape index (κ3) is 2.57. The highest BCUT2D eigenvalue weighted by molar-refractivity contribution is 5.93. The first kappa shape index (κ1) is 20.5. The van der Waals surface area contributed by atoms with E-state index in [1.165, 1.54) is 19.8 Å². The molecule has 6 nitrogen and oxygen atoms in total. The van der Waals surface area contributed by atoms with Gasteiger partial charge in [0.2, 0.25) is 0 Å². The highest BCUT2D eigenvalue weighted by Gasteiger charge is 2.67. The maximum atomic E-state index is 12.9. The average Bonchev–Trinajstić information content (AvgIpc) is 2.93. The lowest BCUT2D eigenvalue weighted by atomic mass is 9.44. The Labute approximate surface area is 172 Å². The molecule has 4 aliphatic rings. The van der Waals surface area contributed by atoms with Crippen molar-refractivity contribution in [2.45, 2.75) is 77.1 Å². The lowest BCUT2D eigenvalue weighted by Crippen LogP contribution is -2.62. The molecule has 0 aromatic rings. The third-order valence-corrected chi connectivity index (χ3v) is 8.58. The Morgan fingerprint density at radius 2 is 1.93 bits per heavy atom. The molecule has 0 unspecified atom stereocenters. The van der Waals surface area contributed by atoms with Crippen LogP contribution in [0.2, 0.25) is 0 Å². The molecule has 2 aliphatic carbocycles. The molecular weight excluding hydrogens is 372 g/mol. The van der Waals surface area contributed by atoms with E-state index in [9.17, 15) is 9.59 Å². The first-order valence-corrected chi connectivity index (χ1v) is 10.5. The van der Waals surface area contributed by atoms with Gasteiger partial charge in [0, 0.05) is 12.5 Å². The molecule has 160 valence electrons. The number of hydrogen-bond acceptors (Lipinski definition) is 6. The molecule has 2 aliphatic heterocycles. The number of carbonyl (C=O) groups excluding carboxylic acids is 2. The summed E-state index contributed by atoms with van der Waals surface area (Å²) in [6.45, 7) is 11.1. The number of cyclic esters (lactones) is 1. The zero-order chi connectivity index (χ0) is 21.2. The molecular formula is C23H32O6. The summed E-state index contributed by atoms with van der Waals surface area (Å²) in [6.07, 6.45) is 5.45. The molecule has 0 aromatic heterocycles. The molecule has 4 rings (SSSR count). The fraction of sp³-hybridized carbons (Fsp3) is 0.739. The van der Waals surface area contributed by atoms with Crippen molar-refractivity contribution >= 4 is 11.9 Å². The molecule has 2 fully saturated rings. The molecule has 2 heterocycles. The van der Waals surface area contributed by atoms with Gasteiger partial charge in [0.15, 0.2) is 5.76 Å². The van der Waals surface area contributed by atoms with Crippen molar-refractivity contribution in [3.63, 3.8) is 0 Å². The molecule has 5 atom stereocenters. The van der Waals surface area contributed by atoms with Crippen LogP contribution in [0, 0.1) is 16.7 Å². The number of esters is 2. The maximum Gasteiger partial charge on any atom is 0.340 e. The Kier molecular flexibility index (Phi) is 4.47. The van der Waals surface area contributed by atoms with Crippen LogP contribution in [0.4, 0.5) is 0 Å². The van der Waals surface area contributed by atoms with Crippen LogP contribution in [0.25, 0.3) is 0 Å². The maximum absolute atomic E-state index is 12.9. The fourth-order valence-corrected chi connectivity index (χ4v) is 6.42. The van der Waals surface area contributed by atoms with Gasteiger partial charge in [0.1, 0.15) is 12.0 Å². The number of fused-ring (bicyclic) bond motifs is 3. The number of methoxy groups -OCH3 is 2. The van der Waals surface area contributed by atoms with Gasteiger partial charge in [-0.2, -0.15) is 0 Å². The fourth-order valence-electron chi connectivity index (χ4n) is 6.42. The molecule has 0 N–H and O–H groups in total. The van der Waals surface area contributed by atoms with E-state index >= 15 is 0 Å². The van der Waals surface area contributed by atoms with E-state index in [2.05, 4.69) is 27.4 Å². The van der Waals surface area contributed by atoms with E-state index in [4.69, 9.17) is 18.9 Å². The van der Waals surface area contributed by atoms with Crippen molar-refractivity contribution in [1.82, 2.24) is 0 Å². The van der Waals surface area contributed by atoms with E-state index in [0.717, 1.165) is 32.1 Å². The van der Waals surface area contributed by atoms with Crippen LogP contribution in [0.3, 0.4) is 0 Å². The predicted octanol–water partition coefficient (Wildman–Crippen LogP) is 4.04. The standard InChI is InChI=1S/C23H32O6/c1-14-8-7-9-16-20(14,2)10-11-22(4)21(16,3)12-15-18(28-22)23(27-6,29-19(15)25)13-17(24)26-5/h16H,1,7-13H2,2-6H3/t16-,20-,21+,22-,23-/m0/s1. The second-order valence-corrected chi connectivity index (χ2v) is 9.80. The van der Waals surface area contributed by atoms with Gasteiger partial charge in [-0.05, 0) is 56.8 Å². The van der Waals surface area contributed by atoms with E-state index < -0.39 is 23.3 Å². The average molecular weight is 405 g/mol. The van der Waals surface area contributed by atoms with Gasteiger partial charge in [-0.3, -0.25) is 4.79 Å². The molecule has 29 heavy (non-hydrogen) atoms. The van der Waals surface area contributed by atoms with Gasteiger partial charge >= 0.3 is 11.9 Å². The summed E-state index contributed by atoms with van der Waals surface area (Å²) in [5.74, 6) is -1.80. The zero-order valence-electron chi connectivity index (χ0n) is 18.2. The van der Waals surface area contributed by atoms with Gasteiger partial charge in [-0.1, -0.05) is 26.0 Å². The molecule has 2 saturated carbocycles. The Morgan fingerprint density at radius 1 is 1.21 bits per heavy atom. The number of rotatable bonds is 3. The van der Waals surface area contributed by atoms with Gasteiger partial charge in [-0.15, -0.1) is 0 Å². The van der Waals surface area contributed by atoms with Crippen LogP contribution in [-0.2, 0) is 28.5 Å². The molecule has 0 saturated heterocycles. The Morgan fingerprint density at radius 3 is 2.59 bits per heavy atom. The summed E-state index contributed by atoms with van der Waals surface area (Å²) in [5.41, 5.74) is 1.15. The minimum absolute atomic E-state index is 0.0564. The van der Waals surface area contributed by atoms with E-state index in [-0.39, 0.29) is 17.3 Å². The predicted molar refractivity (Wildman–Crippen MR) is 106 cm³/mol. The summed E-state index contributed by atoms with van der Waals surface area (Å²) in [4.78, 5) is 24.9. The summed E-state index contributed by atoms with van der Waals surface area (Å²) < 4.78 is 22.6. The summed E-state index contributed by atoms with van der Waals surface area (Å²) in [7, 11) is 2.73. The topological polar surface area (TPSA) is 71.1 Å². The first-order chi connectivity index (χ1) is 13.6. The molecule has 0 bridgehead atoms. The van der Waals surface area contributed by atoms with E-state index in [1.54, 1.807) is 0 Å². The minimum atomic E-state index is -1.54. The molecule has 0 aromatic carbocycles. The van der Waals surface area contributed by atoms with E-state index in [0.29, 0.717) is 23.7 Å². The van der Waals surface area contributed by atoms with Crippen LogP contribution in [0.5, 0.6) is 0 Å². The summed E-state index contributed by atoms with van der Waals surface area (Å²) >= 11 is 0. The Balaban J connectivity index is 1.79. The normalized spacial score (nSPS) is 43.7. The third-order valence-electron chi connectivity index (χ3n) is 8.58. The van der Waals surface area contributed by atoms with Crippen LogP contribution in [0.15, 0.2) is 23.5 Å². The van der Waals surface area contributed by atoms with Gasteiger partial charge in [-0.25, -0.2) is 4.79 Å². The second-order valence-electron chi connectivity index (χ2n) is 9.80. The summed E-state index contributed by atoms with van der Waals surface area (Å²) in [5, 5.41) is 0. The largest absolute Gasteiger partial charge is 0.484 e. The van der Waals surface area contributed by atoms with Crippen molar-refractivity contribution in [3.05, 3.63) is 23.5 Å². The molecule has 6 heteroatoms. The summed E-state index contributed by atoms with van der Waals surface area (Å²) in [6, 6.07) is 0. The second kappa shape index (κ2) is 6.34. The van der Waals surface area contributed by atoms with Gasteiger partial charge in [0.25, 0.3) is 5.79 Å². The highest BCUT2D eigenvalue weighted by Crippen LogP contribution is 2.68. The molecule has 0 spiro atoms. The van der Waals surface area contributed by atoms with Crippen molar-refractivity contribution in [2.24, 2.45) is 16.7 Å². The van der Waals surface area contributed by atoms with Gasteiger partial charge in [0.05, 0.1) is 12.7 Å². The highest BCUT2D eigenvalue weighted by atomic mass is 16.7. The minimum Gasteiger partial charge on any atom is -0.484 e. The number of hydrogen-bond donors (Lipinski definition) is 0. The molecule has 0 amide bonds. The molecule has 0 radical (unpaired) electrons. The SMILES string of the molecule is C=C1CCC[C@H]2[C@@]1(C)CC[C@]1(C)OC3=C(C[C@]21C)C(=O)O[C@]3(CC(=O)OC)OC. The quantitative estimate of drug-likeness (QED) is 0.522. The van der Waals surface area contributed by atoms with Crippen molar-refractivity contribution in [1.29, 1.82) is 0 Å². The van der Waals surface area contributed by atoms with Crippen LogP contribution >= 0.6 is 0 Å². The monoisotopic (exact) mass is 404 g/mol. The lowest BCUT2D eigenvalue weighted by molar-refractivity contribution is -0.240. The van der Waals surface area contributed by atoms with Crippen LogP contribution in [0.1, 0.15) is 65.7 Å². The van der Waals surface area contributed by atoms with Crippen molar-refractivity contribution in [2.75, 3.05) is 14.2 Å².